The summed E-state index contributed by atoms with van der Waals surface area (Å²) >= 11 is 7.83. The fraction of sp³-hybridized carbons (Fsp3) is 0.583. The molecule has 2 unspecified atom stereocenters. The van der Waals surface area contributed by atoms with Crippen LogP contribution in [0.4, 0.5) is 0 Å². The summed E-state index contributed by atoms with van der Waals surface area (Å²) in [6.45, 7) is 7.55. The Kier molecular flexibility index (Phi) is 6.17. The molecule has 0 spiro atoms. The fourth-order valence-corrected chi connectivity index (χ4v) is 2.98. The summed E-state index contributed by atoms with van der Waals surface area (Å²) in [5, 5.41) is 5.62. The highest BCUT2D eigenvalue weighted by Gasteiger charge is 2.17. The minimum absolute atomic E-state index is 0.470. The highest BCUT2D eigenvalue weighted by atomic mass is 35.5. The summed E-state index contributed by atoms with van der Waals surface area (Å²) in [6.07, 6.45) is 2.90. The number of hydrogen-bond acceptors (Lipinski definition) is 3. The van der Waals surface area contributed by atoms with Crippen LogP contribution < -0.4 is 5.32 Å². The molecule has 1 aromatic heterocycles. The smallest absolute Gasteiger partial charge is 0.115 e. The third-order valence-corrected chi connectivity index (χ3v) is 4.16. The number of hydrogen-bond donors (Lipinski definition) is 1. The van der Waals surface area contributed by atoms with E-state index in [0.29, 0.717) is 11.3 Å². The standard InChI is InChI=1S/C12H19ClN2S/c1-4-11(14-5-2)9(3)16-12-10(13)7-6-8-15-12/h6-9,11,14H,4-5H2,1-3H3. The average molecular weight is 259 g/mol. The third kappa shape index (κ3) is 3.96. The predicted molar refractivity (Wildman–Crippen MR) is 72.3 cm³/mol. The Morgan fingerprint density at radius 3 is 2.81 bits per heavy atom. The molecule has 2 nitrogen and oxygen atoms in total. The molecular weight excluding hydrogens is 240 g/mol. The molecule has 0 aromatic carbocycles. The van der Waals surface area contributed by atoms with Crippen LogP contribution in [-0.4, -0.2) is 22.8 Å². The van der Waals surface area contributed by atoms with Gasteiger partial charge in [0, 0.05) is 17.5 Å². The minimum Gasteiger partial charge on any atom is -0.313 e. The van der Waals surface area contributed by atoms with Crippen LogP contribution >= 0.6 is 23.4 Å². The molecule has 90 valence electrons. The van der Waals surface area contributed by atoms with E-state index < -0.39 is 0 Å². The highest BCUT2D eigenvalue weighted by Crippen LogP contribution is 2.29. The molecular formula is C12H19ClN2S. The van der Waals surface area contributed by atoms with Crippen molar-refractivity contribution in [3.8, 4) is 0 Å². The molecule has 1 N–H and O–H groups in total. The summed E-state index contributed by atoms with van der Waals surface area (Å²) in [5.74, 6) is 0. The van der Waals surface area contributed by atoms with Crippen molar-refractivity contribution < 1.29 is 0 Å². The Morgan fingerprint density at radius 2 is 2.25 bits per heavy atom. The van der Waals surface area contributed by atoms with E-state index in [9.17, 15) is 0 Å². The van der Waals surface area contributed by atoms with Gasteiger partial charge in [-0.1, -0.05) is 32.4 Å². The first-order chi connectivity index (χ1) is 7.69. The summed E-state index contributed by atoms with van der Waals surface area (Å²) in [7, 11) is 0. The number of nitrogens with zero attached hydrogens (tertiary/aromatic N) is 1. The minimum atomic E-state index is 0.470. The number of thioether (sulfide) groups is 1. The Labute approximate surface area is 107 Å². The van der Waals surface area contributed by atoms with Gasteiger partial charge < -0.3 is 5.32 Å². The van der Waals surface area contributed by atoms with E-state index in [-0.39, 0.29) is 0 Å². The van der Waals surface area contributed by atoms with Gasteiger partial charge in [-0.05, 0) is 25.1 Å². The summed E-state index contributed by atoms with van der Waals surface area (Å²) in [6, 6.07) is 4.25. The topological polar surface area (TPSA) is 24.9 Å². The van der Waals surface area contributed by atoms with Crippen LogP contribution in [0.1, 0.15) is 27.2 Å². The van der Waals surface area contributed by atoms with Crippen molar-refractivity contribution in [3.05, 3.63) is 23.4 Å². The lowest BCUT2D eigenvalue weighted by molar-refractivity contribution is 0.509. The molecule has 1 rings (SSSR count). The van der Waals surface area contributed by atoms with E-state index in [2.05, 4.69) is 31.1 Å². The average Bonchev–Trinajstić information content (AvgIpc) is 2.29. The second-order valence-electron chi connectivity index (χ2n) is 3.69. The van der Waals surface area contributed by atoms with E-state index in [4.69, 9.17) is 11.6 Å². The maximum Gasteiger partial charge on any atom is 0.115 e. The molecule has 0 saturated heterocycles. The van der Waals surface area contributed by atoms with Gasteiger partial charge in [0.25, 0.3) is 0 Å². The van der Waals surface area contributed by atoms with E-state index in [1.54, 1.807) is 18.0 Å². The number of rotatable bonds is 6. The number of nitrogens with one attached hydrogen (secondary N) is 1. The van der Waals surface area contributed by atoms with Crippen LogP contribution in [0.2, 0.25) is 5.02 Å². The van der Waals surface area contributed by atoms with Gasteiger partial charge in [0.15, 0.2) is 0 Å². The van der Waals surface area contributed by atoms with Crippen molar-refractivity contribution in [3.63, 3.8) is 0 Å². The Bertz CT molecular complexity index is 320. The quantitative estimate of drug-likeness (QED) is 0.790. The molecule has 0 bridgehead atoms. The van der Waals surface area contributed by atoms with E-state index >= 15 is 0 Å². The van der Waals surface area contributed by atoms with Crippen LogP contribution in [0.5, 0.6) is 0 Å². The van der Waals surface area contributed by atoms with Crippen LogP contribution in [-0.2, 0) is 0 Å². The van der Waals surface area contributed by atoms with Gasteiger partial charge in [-0.25, -0.2) is 4.98 Å². The van der Waals surface area contributed by atoms with Gasteiger partial charge in [-0.3, -0.25) is 0 Å². The van der Waals surface area contributed by atoms with E-state index in [1.807, 2.05) is 12.1 Å². The molecule has 0 aliphatic carbocycles. The summed E-state index contributed by atoms with van der Waals surface area (Å²) < 4.78 is 0. The SMILES string of the molecule is CCNC(CC)C(C)Sc1ncccc1Cl. The Morgan fingerprint density at radius 1 is 1.50 bits per heavy atom. The van der Waals surface area contributed by atoms with Crippen LogP contribution in [0.3, 0.4) is 0 Å². The van der Waals surface area contributed by atoms with Crippen molar-refractivity contribution in [1.82, 2.24) is 10.3 Å². The van der Waals surface area contributed by atoms with Crippen LogP contribution in [0.25, 0.3) is 0 Å². The van der Waals surface area contributed by atoms with Crippen LogP contribution in [0.15, 0.2) is 23.4 Å². The first-order valence-electron chi connectivity index (χ1n) is 5.69. The maximum atomic E-state index is 6.09. The molecule has 0 aliphatic rings. The monoisotopic (exact) mass is 258 g/mol. The van der Waals surface area contributed by atoms with E-state index in [0.717, 1.165) is 23.0 Å². The van der Waals surface area contributed by atoms with Crippen molar-refractivity contribution in [2.45, 2.75) is 43.5 Å². The number of pyridine rings is 1. The molecule has 0 radical (unpaired) electrons. The summed E-state index contributed by atoms with van der Waals surface area (Å²) in [5.41, 5.74) is 0. The molecule has 4 heteroatoms. The third-order valence-electron chi connectivity index (χ3n) is 2.50. The zero-order valence-corrected chi connectivity index (χ0v) is 11.6. The molecule has 0 saturated carbocycles. The van der Waals surface area contributed by atoms with E-state index in [1.165, 1.54) is 0 Å². The Balaban J connectivity index is 2.62. The molecule has 16 heavy (non-hydrogen) atoms. The molecule has 2 atom stereocenters. The maximum absolute atomic E-state index is 6.09. The van der Waals surface area contributed by atoms with Gasteiger partial charge >= 0.3 is 0 Å². The second kappa shape index (κ2) is 7.15. The molecule has 1 heterocycles. The predicted octanol–water partition coefficient (Wildman–Crippen LogP) is 3.60. The lowest BCUT2D eigenvalue weighted by Gasteiger charge is -2.22. The lowest BCUT2D eigenvalue weighted by Crippen LogP contribution is -2.35. The van der Waals surface area contributed by atoms with Crippen molar-refractivity contribution in [2.75, 3.05) is 6.54 Å². The Hall–Kier alpha value is -0.250. The first kappa shape index (κ1) is 13.8. The molecule has 0 aliphatic heterocycles. The van der Waals surface area contributed by atoms with Crippen molar-refractivity contribution >= 4 is 23.4 Å². The van der Waals surface area contributed by atoms with Gasteiger partial charge in [0.05, 0.1) is 5.02 Å². The molecule has 0 amide bonds. The molecule has 1 aromatic rings. The van der Waals surface area contributed by atoms with Gasteiger partial charge in [0.1, 0.15) is 5.03 Å². The highest BCUT2D eigenvalue weighted by molar-refractivity contribution is 8.00. The van der Waals surface area contributed by atoms with Gasteiger partial charge in [-0.2, -0.15) is 0 Å². The zero-order chi connectivity index (χ0) is 12.0. The summed E-state index contributed by atoms with van der Waals surface area (Å²) in [4.78, 5) is 4.30. The number of halogens is 1. The van der Waals surface area contributed by atoms with Gasteiger partial charge in [-0.15, -0.1) is 11.8 Å². The normalized spacial score (nSPS) is 14.8. The van der Waals surface area contributed by atoms with Crippen molar-refractivity contribution in [2.24, 2.45) is 0 Å². The number of aromatic nitrogens is 1. The molecule has 0 fully saturated rings. The largest absolute Gasteiger partial charge is 0.313 e. The lowest BCUT2D eigenvalue weighted by atomic mass is 10.2. The fourth-order valence-electron chi connectivity index (χ4n) is 1.62. The van der Waals surface area contributed by atoms with Crippen LogP contribution in [0, 0.1) is 0 Å². The zero-order valence-electron chi connectivity index (χ0n) is 10.0. The first-order valence-corrected chi connectivity index (χ1v) is 6.95. The second-order valence-corrected chi connectivity index (χ2v) is 5.46. The van der Waals surface area contributed by atoms with Crippen molar-refractivity contribution in [1.29, 1.82) is 0 Å². The van der Waals surface area contributed by atoms with Gasteiger partial charge in [0.2, 0.25) is 0 Å².